The summed E-state index contributed by atoms with van der Waals surface area (Å²) in [7, 11) is 0. The van der Waals surface area contributed by atoms with E-state index in [0.29, 0.717) is 12.8 Å². The van der Waals surface area contributed by atoms with Crippen LogP contribution in [0.5, 0.6) is 11.5 Å². The Morgan fingerprint density at radius 1 is 1.26 bits per heavy atom. The molecule has 23 heavy (non-hydrogen) atoms. The smallest absolute Gasteiger partial charge is 0.317 e. The number of likely N-dealkylation sites (tertiary alicyclic amines) is 1. The van der Waals surface area contributed by atoms with Crippen molar-refractivity contribution in [3.63, 3.8) is 0 Å². The molecule has 2 aliphatic heterocycles. The molecule has 2 heterocycles. The Kier molecular flexibility index (Phi) is 2.82. The molecular weight excluding hydrogens is 292 g/mol. The molecular formula is C18H22N2O3. The van der Waals surface area contributed by atoms with E-state index in [0.717, 1.165) is 43.3 Å². The van der Waals surface area contributed by atoms with E-state index in [-0.39, 0.29) is 11.4 Å². The fraction of sp³-hybridized carbons (Fsp3) is 0.611. The summed E-state index contributed by atoms with van der Waals surface area (Å²) in [6, 6.07) is 6.80. The third-order valence-electron chi connectivity index (χ3n) is 6.09. The zero-order chi connectivity index (χ0) is 15.4. The van der Waals surface area contributed by atoms with Gasteiger partial charge in [-0.3, -0.25) is 0 Å². The van der Waals surface area contributed by atoms with Gasteiger partial charge in [-0.15, -0.1) is 0 Å². The van der Waals surface area contributed by atoms with Crippen LogP contribution < -0.4 is 14.8 Å². The van der Waals surface area contributed by atoms with Gasteiger partial charge in [0, 0.05) is 24.5 Å². The SMILES string of the molecule is O=C(NCC1(c2ccc3c(c2)OCO3)CC1)N1C[C@@H]2CC[C@@H]1C2. The Labute approximate surface area is 135 Å². The van der Waals surface area contributed by atoms with E-state index in [1.165, 1.54) is 24.8 Å². The van der Waals surface area contributed by atoms with Crippen LogP contribution in [-0.2, 0) is 5.41 Å². The summed E-state index contributed by atoms with van der Waals surface area (Å²) in [6.07, 6.45) is 5.94. The number of nitrogens with zero attached hydrogens (tertiary/aromatic N) is 1. The van der Waals surface area contributed by atoms with Gasteiger partial charge in [0.25, 0.3) is 0 Å². The van der Waals surface area contributed by atoms with Crippen LogP contribution in [0.1, 0.15) is 37.7 Å². The molecule has 1 aromatic carbocycles. The lowest BCUT2D eigenvalue weighted by molar-refractivity contribution is 0.174. The molecule has 2 atom stereocenters. The van der Waals surface area contributed by atoms with Crippen molar-refractivity contribution in [2.24, 2.45) is 5.92 Å². The molecule has 0 unspecified atom stereocenters. The molecule has 3 fully saturated rings. The molecule has 2 saturated carbocycles. The second-order valence-corrected chi connectivity index (χ2v) is 7.49. The van der Waals surface area contributed by atoms with Crippen LogP contribution in [0, 0.1) is 5.92 Å². The highest BCUT2D eigenvalue weighted by Gasteiger charge is 2.46. The minimum Gasteiger partial charge on any atom is -0.454 e. The topological polar surface area (TPSA) is 50.8 Å². The van der Waals surface area contributed by atoms with Crippen molar-refractivity contribution < 1.29 is 14.3 Å². The Balaban J connectivity index is 1.26. The first-order valence-electron chi connectivity index (χ1n) is 8.68. The summed E-state index contributed by atoms with van der Waals surface area (Å²) in [4.78, 5) is 14.6. The van der Waals surface area contributed by atoms with Crippen LogP contribution >= 0.6 is 0 Å². The molecule has 0 spiro atoms. The first-order valence-corrected chi connectivity index (χ1v) is 8.68. The molecule has 1 N–H and O–H groups in total. The minimum atomic E-state index is 0.0926. The third kappa shape index (κ3) is 2.17. The van der Waals surface area contributed by atoms with Gasteiger partial charge in [0.05, 0.1) is 0 Å². The van der Waals surface area contributed by atoms with E-state index >= 15 is 0 Å². The summed E-state index contributed by atoms with van der Waals surface area (Å²) < 4.78 is 10.9. The van der Waals surface area contributed by atoms with Crippen LogP contribution in [0.15, 0.2) is 18.2 Å². The van der Waals surface area contributed by atoms with Crippen molar-refractivity contribution in [1.82, 2.24) is 10.2 Å². The highest BCUT2D eigenvalue weighted by molar-refractivity contribution is 5.75. The molecule has 0 aromatic heterocycles. The van der Waals surface area contributed by atoms with Gasteiger partial charge in [-0.05, 0) is 55.7 Å². The summed E-state index contributed by atoms with van der Waals surface area (Å²) in [5, 5.41) is 3.19. The van der Waals surface area contributed by atoms with Crippen LogP contribution in [0.25, 0.3) is 0 Å². The molecule has 5 heteroatoms. The number of hydrogen-bond donors (Lipinski definition) is 1. The fourth-order valence-electron chi connectivity index (χ4n) is 4.46. The quantitative estimate of drug-likeness (QED) is 0.933. The maximum absolute atomic E-state index is 12.5. The van der Waals surface area contributed by atoms with Crippen molar-refractivity contribution in [3.05, 3.63) is 23.8 Å². The Morgan fingerprint density at radius 2 is 2.13 bits per heavy atom. The van der Waals surface area contributed by atoms with Crippen LogP contribution in [-0.4, -0.2) is 36.9 Å². The first-order chi connectivity index (χ1) is 11.2. The van der Waals surface area contributed by atoms with E-state index in [2.05, 4.69) is 22.3 Å². The molecule has 5 rings (SSSR count). The summed E-state index contributed by atoms with van der Waals surface area (Å²) in [6.45, 7) is 1.98. The maximum atomic E-state index is 12.5. The number of benzene rings is 1. The number of nitrogens with one attached hydrogen (secondary N) is 1. The van der Waals surface area contributed by atoms with Crippen LogP contribution in [0.2, 0.25) is 0 Å². The Bertz CT molecular complexity index is 656. The minimum absolute atomic E-state index is 0.0926. The third-order valence-corrected chi connectivity index (χ3v) is 6.09. The molecule has 2 amide bonds. The van der Waals surface area contributed by atoms with Crippen molar-refractivity contribution in [2.75, 3.05) is 19.9 Å². The molecule has 1 aromatic rings. The number of fused-ring (bicyclic) bond motifs is 3. The van der Waals surface area contributed by atoms with Gasteiger partial charge in [-0.2, -0.15) is 0 Å². The monoisotopic (exact) mass is 314 g/mol. The number of urea groups is 1. The van der Waals surface area contributed by atoms with Crippen molar-refractivity contribution in [1.29, 1.82) is 0 Å². The lowest BCUT2D eigenvalue weighted by atomic mass is 9.95. The summed E-state index contributed by atoms with van der Waals surface area (Å²) in [5.74, 6) is 2.40. The average molecular weight is 314 g/mol. The second-order valence-electron chi connectivity index (χ2n) is 7.49. The largest absolute Gasteiger partial charge is 0.454 e. The number of piperidine rings is 1. The summed E-state index contributed by atoms with van der Waals surface area (Å²) >= 11 is 0. The van der Waals surface area contributed by atoms with E-state index in [1.807, 2.05) is 6.07 Å². The molecule has 1 saturated heterocycles. The van der Waals surface area contributed by atoms with Gasteiger partial charge in [0.15, 0.2) is 11.5 Å². The lowest BCUT2D eigenvalue weighted by Crippen LogP contribution is -2.46. The van der Waals surface area contributed by atoms with E-state index in [1.54, 1.807) is 0 Å². The molecule has 0 radical (unpaired) electrons. The standard InChI is InChI=1S/C18H22N2O3/c21-17(20-9-12-1-3-14(20)7-12)19-10-18(5-6-18)13-2-4-15-16(8-13)23-11-22-15/h2,4,8,12,14H,1,3,5-7,9-11H2,(H,19,21)/t12-,14-/m1/s1. The number of amides is 2. The average Bonchev–Trinajstić information content (AvgIpc) is 2.97. The Hall–Kier alpha value is -1.91. The van der Waals surface area contributed by atoms with Crippen LogP contribution in [0.4, 0.5) is 4.79 Å². The number of carbonyl (C=O) groups is 1. The van der Waals surface area contributed by atoms with E-state index in [4.69, 9.17) is 9.47 Å². The number of rotatable bonds is 3. The highest BCUT2D eigenvalue weighted by atomic mass is 16.7. The number of hydrogen-bond acceptors (Lipinski definition) is 3. The molecule has 2 bridgehead atoms. The van der Waals surface area contributed by atoms with Crippen molar-refractivity contribution in [3.8, 4) is 11.5 Å². The van der Waals surface area contributed by atoms with Gasteiger partial charge in [0.2, 0.25) is 6.79 Å². The van der Waals surface area contributed by atoms with E-state index < -0.39 is 0 Å². The lowest BCUT2D eigenvalue weighted by Gasteiger charge is -2.28. The van der Waals surface area contributed by atoms with Gasteiger partial charge >= 0.3 is 6.03 Å². The molecule has 5 nitrogen and oxygen atoms in total. The predicted molar refractivity (Wildman–Crippen MR) is 84.7 cm³/mol. The zero-order valence-corrected chi connectivity index (χ0v) is 13.2. The van der Waals surface area contributed by atoms with Gasteiger partial charge in [-0.25, -0.2) is 4.79 Å². The Morgan fingerprint density at radius 3 is 2.87 bits per heavy atom. The normalized spacial score (nSPS) is 29.0. The maximum Gasteiger partial charge on any atom is 0.317 e. The number of carbonyl (C=O) groups excluding carboxylic acids is 1. The molecule has 122 valence electrons. The van der Waals surface area contributed by atoms with Crippen molar-refractivity contribution in [2.45, 2.75) is 43.6 Å². The van der Waals surface area contributed by atoms with Gasteiger partial charge in [0.1, 0.15) is 0 Å². The summed E-state index contributed by atoms with van der Waals surface area (Å²) in [5.41, 5.74) is 1.35. The predicted octanol–water partition coefficient (Wildman–Crippen LogP) is 2.64. The van der Waals surface area contributed by atoms with Gasteiger partial charge < -0.3 is 19.7 Å². The van der Waals surface area contributed by atoms with Crippen molar-refractivity contribution >= 4 is 6.03 Å². The fourth-order valence-corrected chi connectivity index (χ4v) is 4.46. The van der Waals surface area contributed by atoms with Gasteiger partial charge in [-0.1, -0.05) is 6.07 Å². The van der Waals surface area contributed by atoms with Crippen LogP contribution in [0.3, 0.4) is 0 Å². The first kappa shape index (κ1) is 13.5. The molecule has 4 aliphatic rings. The van der Waals surface area contributed by atoms with E-state index in [9.17, 15) is 4.79 Å². The number of ether oxygens (including phenoxy) is 2. The second kappa shape index (κ2) is 4.79. The molecule has 2 aliphatic carbocycles. The highest BCUT2D eigenvalue weighted by Crippen LogP contribution is 2.50. The zero-order valence-electron chi connectivity index (χ0n) is 13.2.